The van der Waals surface area contributed by atoms with Gasteiger partial charge in [-0.2, -0.15) is 0 Å². The summed E-state index contributed by atoms with van der Waals surface area (Å²) in [4.78, 5) is 0. The van der Waals surface area contributed by atoms with Crippen LogP contribution in [0.2, 0.25) is 0 Å². The first kappa shape index (κ1) is 6.28. The fourth-order valence-electron chi connectivity index (χ4n) is 3.66. The molecule has 0 heteroatoms. The van der Waals surface area contributed by atoms with Crippen molar-refractivity contribution in [1.29, 1.82) is 0 Å². The van der Waals surface area contributed by atoms with Crippen LogP contribution in [0.25, 0.3) is 0 Å². The van der Waals surface area contributed by atoms with Gasteiger partial charge in [-0.15, -0.1) is 0 Å². The van der Waals surface area contributed by atoms with Gasteiger partial charge in [-0.25, -0.2) is 0 Å². The van der Waals surface area contributed by atoms with Gasteiger partial charge in [0.05, 0.1) is 0 Å². The zero-order valence-corrected chi connectivity index (χ0v) is 7.00. The Bertz CT molecular complexity index is 172. The normalized spacial score (nSPS) is 53.1. The molecule has 0 radical (unpaired) electrons. The van der Waals surface area contributed by atoms with Gasteiger partial charge in [0.2, 0.25) is 0 Å². The summed E-state index contributed by atoms with van der Waals surface area (Å²) in [7, 11) is 0. The molecule has 0 aromatic rings. The first-order valence-electron chi connectivity index (χ1n) is 5.13. The zero-order valence-electron chi connectivity index (χ0n) is 7.00. The molecule has 2 fully saturated rings. The van der Waals surface area contributed by atoms with Gasteiger partial charge in [0.15, 0.2) is 0 Å². The fraction of sp³-hybridized carbons (Fsp3) is 0.818. The molecule has 60 valence electrons. The average molecular weight is 148 g/mol. The third-order valence-corrected chi connectivity index (χ3v) is 4.16. The Morgan fingerprint density at radius 3 is 1.73 bits per heavy atom. The molecule has 0 unspecified atom stereocenters. The maximum atomic E-state index is 2.51. The largest absolute Gasteiger partial charge is 0.0848 e. The monoisotopic (exact) mass is 148 g/mol. The molecule has 4 atom stereocenters. The van der Waals surface area contributed by atoms with E-state index in [1.807, 2.05) is 0 Å². The van der Waals surface area contributed by atoms with Crippen molar-refractivity contribution in [3.8, 4) is 0 Å². The Morgan fingerprint density at radius 2 is 1.27 bits per heavy atom. The van der Waals surface area contributed by atoms with Gasteiger partial charge in [0, 0.05) is 0 Å². The molecule has 4 rings (SSSR count). The number of hydrogen-bond donors (Lipinski definition) is 0. The first-order valence-corrected chi connectivity index (χ1v) is 5.13. The molecular formula is C11H16. The van der Waals surface area contributed by atoms with Crippen LogP contribution < -0.4 is 0 Å². The van der Waals surface area contributed by atoms with Crippen molar-refractivity contribution in [1.82, 2.24) is 0 Å². The number of rotatable bonds is 0. The SMILES string of the molecule is C1=C[C@H]2CC[C@@H]1[C@H]1CCC[C@H]12. The van der Waals surface area contributed by atoms with Crippen molar-refractivity contribution in [3.63, 3.8) is 0 Å². The molecule has 4 aliphatic rings. The van der Waals surface area contributed by atoms with Crippen LogP contribution in [0.3, 0.4) is 0 Å². The standard InChI is InChI=1S/C11H16/c1-2-10-8-4-6-9(7-5-8)11(10)3-1/h4,6,8-11H,1-3,5,7H2/t8-,9+,10-,11+. The smallest absolute Gasteiger partial charge is 0.0202 e. The van der Waals surface area contributed by atoms with Crippen LogP contribution in [0.4, 0.5) is 0 Å². The second kappa shape index (κ2) is 2.12. The first-order chi connectivity index (χ1) is 5.45. The van der Waals surface area contributed by atoms with Gasteiger partial charge in [0.25, 0.3) is 0 Å². The Morgan fingerprint density at radius 1 is 0.727 bits per heavy atom. The molecule has 4 aliphatic carbocycles. The molecule has 0 aromatic heterocycles. The van der Waals surface area contributed by atoms with Crippen LogP contribution in [0.5, 0.6) is 0 Å². The van der Waals surface area contributed by atoms with Crippen molar-refractivity contribution >= 4 is 0 Å². The molecule has 0 saturated heterocycles. The Labute approximate surface area is 68.7 Å². The lowest BCUT2D eigenvalue weighted by atomic mass is 9.64. The summed E-state index contributed by atoms with van der Waals surface area (Å²) < 4.78 is 0. The highest BCUT2D eigenvalue weighted by atomic mass is 14.5. The average Bonchev–Trinajstić information content (AvgIpc) is 2.55. The minimum absolute atomic E-state index is 0.993. The maximum Gasteiger partial charge on any atom is -0.0202 e. The summed E-state index contributed by atoms with van der Waals surface area (Å²) >= 11 is 0. The van der Waals surface area contributed by atoms with Crippen LogP contribution >= 0.6 is 0 Å². The third kappa shape index (κ3) is 0.758. The molecule has 0 amide bonds. The number of allylic oxidation sites excluding steroid dienone is 2. The van der Waals surface area contributed by atoms with E-state index in [4.69, 9.17) is 0 Å². The Kier molecular flexibility index (Phi) is 1.21. The van der Waals surface area contributed by atoms with Crippen LogP contribution in [-0.4, -0.2) is 0 Å². The summed E-state index contributed by atoms with van der Waals surface area (Å²) in [5.74, 6) is 4.21. The molecule has 11 heavy (non-hydrogen) atoms. The maximum absolute atomic E-state index is 2.51. The highest BCUT2D eigenvalue weighted by Crippen LogP contribution is 2.52. The van der Waals surface area contributed by atoms with Gasteiger partial charge in [-0.3, -0.25) is 0 Å². The van der Waals surface area contributed by atoms with Gasteiger partial charge in [0.1, 0.15) is 0 Å². The number of hydrogen-bond acceptors (Lipinski definition) is 0. The fourth-order valence-corrected chi connectivity index (χ4v) is 3.66. The van der Waals surface area contributed by atoms with Gasteiger partial charge >= 0.3 is 0 Å². The van der Waals surface area contributed by atoms with Gasteiger partial charge in [-0.05, 0) is 49.4 Å². The Hall–Kier alpha value is -0.260. The molecule has 0 aliphatic heterocycles. The number of fused-ring (bicyclic) bond motifs is 1. The summed E-state index contributed by atoms with van der Waals surface area (Å²) in [6.45, 7) is 0. The minimum atomic E-state index is 0.993. The molecule has 2 bridgehead atoms. The van der Waals surface area contributed by atoms with E-state index in [1.165, 1.54) is 32.1 Å². The van der Waals surface area contributed by atoms with E-state index in [1.54, 1.807) is 0 Å². The van der Waals surface area contributed by atoms with Crippen molar-refractivity contribution in [2.45, 2.75) is 32.1 Å². The summed E-state index contributed by atoms with van der Waals surface area (Å²) in [5, 5.41) is 0. The lowest BCUT2D eigenvalue weighted by Gasteiger charge is -2.41. The zero-order chi connectivity index (χ0) is 7.26. The van der Waals surface area contributed by atoms with E-state index in [0.29, 0.717) is 0 Å². The van der Waals surface area contributed by atoms with E-state index in [2.05, 4.69) is 12.2 Å². The van der Waals surface area contributed by atoms with Crippen LogP contribution in [0.15, 0.2) is 12.2 Å². The molecular weight excluding hydrogens is 132 g/mol. The predicted molar refractivity (Wildman–Crippen MR) is 46.2 cm³/mol. The van der Waals surface area contributed by atoms with Crippen molar-refractivity contribution in [2.75, 3.05) is 0 Å². The topological polar surface area (TPSA) is 0 Å². The lowest BCUT2D eigenvalue weighted by molar-refractivity contribution is 0.152. The van der Waals surface area contributed by atoms with E-state index in [9.17, 15) is 0 Å². The van der Waals surface area contributed by atoms with E-state index >= 15 is 0 Å². The van der Waals surface area contributed by atoms with Crippen molar-refractivity contribution in [3.05, 3.63) is 12.2 Å². The second-order valence-corrected chi connectivity index (χ2v) is 4.55. The van der Waals surface area contributed by atoms with E-state index in [0.717, 1.165) is 23.7 Å². The molecule has 0 nitrogen and oxygen atoms in total. The summed E-state index contributed by atoms with van der Waals surface area (Å²) in [6.07, 6.45) is 12.6. The predicted octanol–water partition coefficient (Wildman–Crippen LogP) is 3.00. The lowest BCUT2D eigenvalue weighted by Crippen LogP contribution is -2.33. The van der Waals surface area contributed by atoms with Gasteiger partial charge < -0.3 is 0 Å². The minimum Gasteiger partial charge on any atom is -0.0848 e. The molecule has 0 heterocycles. The van der Waals surface area contributed by atoms with E-state index in [-0.39, 0.29) is 0 Å². The van der Waals surface area contributed by atoms with Crippen LogP contribution in [0, 0.1) is 23.7 Å². The third-order valence-electron chi connectivity index (χ3n) is 4.16. The van der Waals surface area contributed by atoms with Gasteiger partial charge in [-0.1, -0.05) is 18.6 Å². The molecule has 0 aromatic carbocycles. The van der Waals surface area contributed by atoms with Crippen LogP contribution in [0.1, 0.15) is 32.1 Å². The Balaban J connectivity index is 1.97. The van der Waals surface area contributed by atoms with Crippen molar-refractivity contribution in [2.24, 2.45) is 23.7 Å². The molecule has 2 saturated carbocycles. The summed E-state index contributed by atoms with van der Waals surface area (Å²) in [5.41, 5.74) is 0. The quantitative estimate of drug-likeness (QED) is 0.463. The van der Waals surface area contributed by atoms with Crippen molar-refractivity contribution < 1.29 is 0 Å². The highest BCUT2D eigenvalue weighted by Gasteiger charge is 2.42. The highest BCUT2D eigenvalue weighted by molar-refractivity contribution is 5.10. The van der Waals surface area contributed by atoms with E-state index < -0.39 is 0 Å². The second-order valence-electron chi connectivity index (χ2n) is 4.55. The summed E-state index contributed by atoms with van der Waals surface area (Å²) in [6, 6.07) is 0. The molecule has 0 N–H and O–H groups in total. The molecule has 0 spiro atoms. The van der Waals surface area contributed by atoms with Crippen LogP contribution in [-0.2, 0) is 0 Å².